The van der Waals surface area contributed by atoms with Crippen LogP contribution in [0.25, 0.3) is 0 Å². The van der Waals surface area contributed by atoms with Gasteiger partial charge in [0, 0.05) is 5.41 Å². The van der Waals surface area contributed by atoms with Gasteiger partial charge in [-0.15, -0.1) is 0 Å². The van der Waals surface area contributed by atoms with Crippen LogP contribution >= 0.6 is 7.47 Å². The predicted molar refractivity (Wildman–Crippen MR) is 82.8 cm³/mol. The van der Waals surface area contributed by atoms with Crippen LogP contribution < -0.4 is 0 Å². The largest absolute Gasteiger partial charge is 0.444 e. The van der Waals surface area contributed by atoms with Crippen molar-refractivity contribution in [3.63, 3.8) is 0 Å². The first kappa shape index (κ1) is 16.6. The van der Waals surface area contributed by atoms with Gasteiger partial charge in [-0.25, -0.2) is 0 Å². The van der Waals surface area contributed by atoms with Crippen molar-refractivity contribution in [3.8, 4) is 0 Å². The van der Waals surface area contributed by atoms with E-state index in [1.165, 1.54) is 19.3 Å². The summed E-state index contributed by atoms with van der Waals surface area (Å²) in [6.07, 6.45) is 3.70. The molecule has 0 aromatic carbocycles. The van der Waals surface area contributed by atoms with E-state index in [1.54, 1.807) is 0 Å². The highest BCUT2D eigenvalue weighted by Gasteiger charge is 2.60. The molecule has 0 aromatic rings. The molecule has 3 radical (unpaired) electrons. The Morgan fingerprint density at radius 1 is 1.09 bits per heavy atom. The van der Waals surface area contributed by atoms with Crippen molar-refractivity contribution in [1.29, 1.82) is 0 Å². The van der Waals surface area contributed by atoms with Crippen molar-refractivity contribution in [2.45, 2.75) is 62.9 Å². The molecule has 5 rings (SSSR count). The van der Waals surface area contributed by atoms with Gasteiger partial charge >= 0.3 is 0 Å². The second-order valence-corrected chi connectivity index (χ2v) is 9.60. The van der Waals surface area contributed by atoms with Crippen molar-refractivity contribution < 1.29 is 28.9 Å². The van der Waals surface area contributed by atoms with Gasteiger partial charge in [0.05, 0.1) is 20.2 Å². The summed E-state index contributed by atoms with van der Waals surface area (Å²) in [5.74, 6) is 2.14. The summed E-state index contributed by atoms with van der Waals surface area (Å²) in [7, 11) is 0.849. The lowest BCUT2D eigenvalue weighted by atomic mass is 9.48. The monoisotopic (exact) mass is 342 g/mol. The van der Waals surface area contributed by atoms with Crippen LogP contribution in [0.2, 0.25) is 0 Å². The van der Waals surface area contributed by atoms with Crippen molar-refractivity contribution in [2.24, 2.45) is 23.2 Å². The fourth-order valence-corrected chi connectivity index (χ4v) is 6.46. The highest BCUT2D eigenvalue weighted by atomic mass is 31.2. The number of ether oxygens (including phenoxy) is 1. The van der Waals surface area contributed by atoms with Gasteiger partial charge < -0.3 is 36.5 Å². The lowest BCUT2D eigenvalue weighted by molar-refractivity contribution is -0.158. The third-order valence-corrected chi connectivity index (χ3v) is 6.99. The standard InChI is InChI=1S/C15H24BO6P/c16-23(19,20)21-7-11-12(17)13(18)14(22-11)15-4-8-1-9(5-15)3-10(2-8)6-15/h8-14,17-18H,1-7H2,(H,19,20)/q-1. The van der Waals surface area contributed by atoms with Gasteiger partial charge in [-0.3, -0.25) is 0 Å². The first-order valence-corrected chi connectivity index (χ1v) is 10.2. The van der Waals surface area contributed by atoms with Crippen molar-refractivity contribution in [2.75, 3.05) is 6.61 Å². The molecule has 1 saturated heterocycles. The molecule has 4 saturated carbocycles. The van der Waals surface area contributed by atoms with E-state index in [0.29, 0.717) is 17.8 Å². The summed E-state index contributed by atoms with van der Waals surface area (Å²) < 4.78 is 21.7. The van der Waals surface area contributed by atoms with Crippen LogP contribution in [0, 0.1) is 23.2 Å². The minimum atomic E-state index is -4.11. The zero-order valence-corrected chi connectivity index (χ0v) is 14.0. The van der Waals surface area contributed by atoms with E-state index in [4.69, 9.17) is 21.7 Å². The molecule has 1 heterocycles. The summed E-state index contributed by atoms with van der Waals surface area (Å²) in [6.45, 7) is -0.286. The van der Waals surface area contributed by atoms with Crippen LogP contribution in [0.1, 0.15) is 38.5 Å². The number of hydrogen-bond donors (Lipinski definition) is 3. The van der Waals surface area contributed by atoms with Crippen molar-refractivity contribution >= 4 is 15.0 Å². The summed E-state index contributed by atoms with van der Waals surface area (Å²) in [6, 6.07) is 0. The molecular formula is C15H24BO6P-. The fraction of sp³-hybridized carbons (Fsp3) is 1.00. The topological polar surface area (TPSA) is 96.2 Å². The Bertz CT molecular complexity index is 487. The minimum Gasteiger partial charge on any atom is -0.444 e. The zero-order chi connectivity index (χ0) is 16.4. The maximum absolute atomic E-state index is 11.1. The number of rotatable bonds is 4. The predicted octanol–water partition coefficient (Wildman–Crippen LogP) is 0.977. The average Bonchev–Trinajstić information content (AvgIpc) is 2.71. The van der Waals surface area contributed by atoms with Gasteiger partial charge in [-0.05, 0) is 56.3 Å². The Hall–Kier alpha value is 0.0949. The Morgan fingerprint density at radius 2 is 1.61 bits per heavy atom. The van der Waals surface area contributed by atoms with Crippen LogP contribution in [0.4, 0.5) is 0 Å². The molecular weight excluding hydrogens is 318 g/mol. The van der Waals surface area contributed by atoms with Gasteiger partial charge in [0.25, 0.3) is 0 Å². The van der Waals surface area contributed by atoms with E-state index in [-0.39, 0.29) is 12.0 Å². The molecule has 0 aromatic heterocycles. The number of aliphatic hydroxyl groups excluding tert-OH is 2. The Balaban J connectivity index is 1.50. The smallest absolute Gasteiger partial charge is 0.111 e. The average molecular weight is 342 g/mol. The zero-order valence-electron chi connectivity index (χ0n) is 13.1. The second kappa shape index (κ2) is 5.55. The van der Waals surface area contributed by atoms with Gasteiger partial charge in [-0.2, -0.15) is 0 Å². The van der Waals surface area contributed by atoms with Gasteiger partial charge in [0.2, 0.25) is 0 Å². The molecule has 5 atom stereocenters. The lowest BCUT2D eigenvalue weighted by Crippen LogP contribution is -2.54. The highest BCUT2D eigenvalue weighted by Crippen LogP contribution is 2.63. The normalized spacial score (nSPS) is 54.3. The minimum absolute atomic E-state index is 0.0600. The lowest BCUT2D eigenvalue weighted by Gasteiger charge is -2.59. The third-order valence-electron chi connectivity index (χ3n) is 6.48. The molecule has 6 nitrogen and oxygen atoms in total. The molecule has 4 aliphatic carbocycles. The summed E-state index contributed by atoms with van der Waals surface area (Å²) in [5, 5.41) is 20.8. The maximum atomic E-state index is 11.1. The van der Waals surface area contributed by atoms with Crippen LogP contribution in [-0.4, -0.2) is 53.7 Å². The van der Waals surface area contributed by atoms with Crippen LogP contribution in [-0.2, 0) is 13.8 Å². The van der Waals surface area contributed by atoms with Crippen LogP contribution in [0.15, 0.2) is 0 Å². The molecule has 129 valence electrons. The van der Waals surface area contributed by atoms with E-state index in [1.807, 2.05) is 0 Å². The third kappa shape index (κ3) is 2.94. The molecule has 5 fully saturated rings. The van der Waals surface area contributed by atoms with Crippen LogP contribution in [0.5, 0.6) is 0 Å². The Kier molecular flexibility index (Phi) is 3.99. The first-order chi connectivity index (χ1) is 10.8. The summed E-state index contributed by atoms with van der Waals surface area (Å²) >= 11 is 0. The molecule has 0 amide bonds. The Morgan fingerprint density at radius 3 is 2.09 bits per heavy atom. The first-order valence-electron chi connectivity index (χ1n) is 8.53. The molecule has 5 unspecified atom stereocenters. The molecule has 5 aliphatic rings. The van der Waals surface area contributed by atoms with Crippen LogP contribution in [0.3, 0.4) is 0 Å². The van der Waals surface area contributed by atoms with Gasteiger partial charge in [-0.1, -0.05) is 0 Å². The van der Waals surface area contributed by atoms with E-state index >= 15 is 0 Å². The molecule has 8 heteroatoms. The van der Waals surface area contributed by atoms with Crippen molar-refractivity contribution in [3.05, 3.63) is 0 Å². The number of hydrogen-bond acceptors (Lipinski definition) is 5. The second-order valence-electron chi connectivity index (χ2n) is 8.22. The number of aliphatic hydroxyl groups is 2. The summed E-state index contributed by atoms with van der Waals surface area (Å²) in [5.41, 5.74) is -0.0600. The maximum Gasteiger partial charge on any atom is 0.111 e. The molecule has 0 spiro atoms. The fourth-order valence-electron chi connectivity index (χ4n) is 6.10. The van der Waals surface area contributed by atoms with Gasteiger partial charge in [0.1, 0.15) is 18.3 Å². The van der Waals surface area contributed by atoms with Crippen molar-refractivity contribution in [1.82, 2.24) is 0 Å². The highest BCUT2D eigenvalue weighted by molar-refractivity contribution is 7.78. The molecule has 23 heavy (non-hydrogen) atoms. The van der Waals surface area contributed by atoms with E-state index in [2.05, 4.69) is 0 Å². The quantitative estimate of drug-likeness (QED) is 0.521. The van der Waals surface area contributed by atoms with Gasteiger partial charge in [0.15, 0.2) is 0 Å². The SMILES string of the molecule is [B-]P(=O)(O)OCC1OC(C23CC4CC(CC(C4)C2)C3)C(O)C1O. The Labute approximate surface area is 137 Å². The van der Waals surface area contributed by atoms with E-state index in [0.717, 1.165) is 19.3 Å². The molecule has 1 aliphatic heterocycles. The molecule has 4 bridgehead atoms. The van der Waals surface area contributed by atoms with E-state index in [9.17, 15) is 14.8 Å². The molecule has 3 N–H and O–H groups in total. The summed E-state index contributed by atoms with van der Waals surface area (Å²) in [4.78, 5) is 9.04. The van der Waals surface area contributed by atoms with E-state index < -0.39 is 31.9 Å².